The SMILES string of the molecule is O=C(Nc1ccccc1N1CCCC1)c1ccc2c(c1)OCCCO2. The number of para-hydroxylation sites is 2. The number of benzene rings is 2. The lowest BCUT2D eigenvalue weighted by atomic mass is 10.1. The van der Waals surface area contributed by atoms with Gasteiger partial charge < -0.3 is 19.7 Å². The number of carbonyl (C=O) groups excluding carboxylic acids is 1. The number of carbonyl (C=O) groups is 1. The van der Waals surface area contributed by atoms with E-state index in [1.807, 2.05) is 24.3 Å². The second-order valence-corrected chi connectivity index (χ2v) is 6.38. The number of hydrogen-bond donors (Lipinski definition) is 1. The number of ether oxygens (including phenoxy) is 2. The normalized spacial score (nSPS) is 16.4. The molecule has 1 fully saturated rings. The third-order valence-electron chi connectivity index (χ3n) is 4.61. The van der Waals surface area contributed by atoms with Crippen molar-refractivity contribution in [3.63, 3.8) is 0 Å². The van der Waals surface area contributed by atoms with Crippen LogP contribution in [0.5, 0.6) is 11.5 Å². The Balaban J connectivity index is 1.55. The van der Waals surface area contributed by atoms with E-state index in [4.69, 9.17) is 9.47 Å². The first-order valence-electron chi connectivity index (χ1n) is 8.86. The van der Waals surface area contributed by atoms with E-state index in [-0.39, 0.29) is 5.91 Å². The van der Waals surface area contributed by atoms with Gasteiger partial charge in [0.2, 0.25) is 0 Å². The zero-order chi connectivity index (χ0) is 17.1. The number of hydrogen-bond acceptors (Lipinski definition) is 4. The Bertz CT molecular complexity index is 769. The van der Waals surface area contributed by atoms with Gasteiger partial charge in [0.05, 0.1) is 24.6 Å². The largest absolute Gasteiger partial charge is 0.490 e. The Labute approximate surface area is 147 Å². The summed E-state index contributed by atoms with van der Waals surface area (Å²) < 4.78 is 11.3. The molecule has 0 spiro atoms. The fourth-order valence-corrected chi connectivity index (χ4v) is 3.31. The summed E-state index contributed by atoms with van der Waals surface area (Å²) in [5.41, 5.74) is 2.50. The zero-order valence-electron chi connectivity index (χ0n) is 14.2. The van der Waals surface area contributed by atoms with Gasteiger partial charge in [-0.1, -0.05) is 12.1 Å². The van der Waals surface area contributed by atoms with Crippen LogP contribution in [-0.2, 0) is 0 Å². The molecule has 0 atom stereocenters. The number of rotatable bonds is 3. The quantitative estimate of drug-likeness (QED) is 0.927. The van der Waals surface area contributed by atoms with Crippen molar-refractivity contribution in [3.05, 3.63) is 48.0 Å². The first-order valence-corrected chi connectivity index (χ1v) is 8.86. The van der Waals surface area contributed by atoms with Gasteiger partial charge in [0.15, 0.2) is 11.5 Å². The summed E-state index contributed by atoms with van der Waals surface area (Å²) >= 11 is 0. The number of anilines is 2. The van der Waals surface area contributed by atoms with E-state index in [9.17, 15) is 4.79 Å². The van der Waals surface area contributed by atoms with Crippen LogP contribution in [0.4, 0.5) is 11.4 Å². The van der Waals surface area contributed by atoms with Crippen LogP contribution < -0.4 is 19.7 Å². The minimum Gasteiger partial charge on any atom is -0.490 e. The molecule has 2 heterocycles. The Kier molecular flexibility index (Phi) is 4.46. The highest BCUT2D eigenvalue weighted by Crippen LogP contribution is 2.32. The van der Waals surface area contributed by atoms with Crippen LogP contribution in [0.25, 0.3) is 0 Å². The van der Waals surface area contributed by atoms with E-state index >= 15 is 0 Å². The molecule has 0 radical (unpaired) electrons. The lowest BCUT2D eigenvalue weighted by Crippen LogP contribution is -2.21. The summed E-state index contributed by atoms with van der Waals surface area (Å²) in [6.07, 6.45) is 3.24. The van der Waals surface area contributed by atoms with E-state index < -0.39 is 0 Å². The molecule has 1 amide bonds. The highest BCUT2D eigenvalue weighted by molar-refractivity contribution is 6.06. The van der Waals surface area contributed by atoms with Gasteiger partial charge in [-0.05, 0) is 43.2 Å². The van der Waals surface area contributed by atoms with Gasteiger partial charge in [-0.3, -0.25) is 4.79 Å². The minimum atomic E-state index is -0.137. The predicted molar refractivity (Wildman–Crippen MR) is 97.9 cm³/mol. The Morgan fingerprint density at radius 3 is 2.52 bits per heavy atom. The van der Waals surface area contributed by atoms with Crippen molar-refractivity contribution in [2.24, 2.45) is 0 Å². The maximum Gasteiger partial charge on any atom is 0.255 e. The third kappa shape index (κ3) is 3.40. The molecular weight excluding hydrogens is 316 g/mol. The molecule has 0 aromatic heterocycles. The van der Waals surface area contributed by atoms with Crippen molar-refractivity contribution in [1.29, 1.82) is 0 Å². The van der Waals surface area contributed by atoms with Crippen molar-refractivity contribution >= 4 is 17.3 Å². The third-order valence-corrected chi connectivity index (χ3v) is 4.61. The first kappa shape index (κ1) is 15.8. The molecule has 4 rings (SSSR count). The number of amides is 1. The van der Waals surface area contributed by atoms with E-state index in [1.54, 1.807) is 12.1 Å². The van der Waals surface area contributed by atoms with Crippen molar-refractivity contribution in [2.75, 3.05) is 36.5 Å². The van der Waals surface area contributed by atoms with Crippen LogP contribution in [0.15, 0.2) is 42.5 Å². The minimum absolute atomic E-state index is 0.137. The maximum atomic E-state index is 12.7. The zero-order valence-corrected chi connectivity index (χ0v) is 14.2. The molecule has 0 bridgehead atoms. The van der Waals surface area contributed by atoms with E-state index in [2.05, 4.69) is 16.3 Å². The Morgan fingerprint density at radius 2 is 1.68 bits per heavy atom. The Hall–Kier alpha value is -2.69. The molecule has 2 aliphatic rings. The van der Waals surface area contributed by atoms with Crippen molar-refractivity contribution in [3.8, 4) is 11.5 Å². The van der Waals surface area contributed by atoms with Gasteiger partial charge in [-0.25, -0.2) is 0 Å². The molecule has 5 heteroatoms. The molecular formula is C20H22N2O3. The molecule has 0 aliphatic carbocycles. The molecule has 130 valence electrons. The van der Waals surface area contributed by atoms with Crippen LogP contribution in [0.2, 0.25) is 0 Å². The predicted octanol–water partition coefficient (Wildman–Crippen LogP) is 3.70. The Morgan fingerprint density at radius 1 is 0.920 bits per heavy atom. The lowest BCUT2D eigenvalue weighted by Gasteiger charge is -2.21. The topological polar surface area (TPSA) is 50.8 Å². The highest BCUT2D eigenvalue weighted by atomic mass is 16.5. The standard InChI is InChI=1S/C20H22N2O3/c23-20(15-8-9-18-19(14-15)25-13-5-12-24-18)21-16-6-1-2-7-17(16)22-10-3-4-11-22/h1-2,6-9,14H,3-5,10-13H2,(H,21,23). The molecule has 2 aliphatic heterocycles. The molecule has 2 aromatic rings. The summed E-state index contributed by atoms with van der Waals surface area (Å²) in [6, 6.07) is 13.3. The molecule has 1 N–H and O–H groups in total. The fourth-order valence-electron chi connectivity index (χ4n) is 3.31. The number of nitrogens with zero attached hydrogens (tertiary/aromatic N) is 1. The highest BCUT2D eigenvalue weighted by Gasteiger charge is 2.18. The monoisotopic (exact) mass is 338 g/mol. The van der Waals surface area contributed by atoms with Crippen molar-refractivity contribution < 1.29 is 14.3 Å². The van der Waals surface area contributed by atoms with Gasteiger partial charge in [0.1, 0.15) is 0 Å². The van der Waals surface area contributed by atoms with Crippen LogP contribution in [0, 0.1) is 0 Å². The summed E-state index contributed by atoms with van der Waals surface area (Å²) in [7, 11) is 0. The van der Waals surface area contributed by atoms with Gasteiger partial charge in [-0.15, -0.1) is 0 Å². The van der Waals surface area contributed by atoms with Crippen LogP contribution in [0.3, 0.4) is 0 Å². The summed E-state index contributed by atoms with van der Waals surface area (Å²) in [5.74, 6) is 1.20. The fraction of sp³-hybridized carbons (Fsp3) is 0.350. The van der Waals surface area contributed by atoms with E-state index in [1.165, 1.54) is 12.8 Å². The average molecular weight is 338 g/mol. The van der Waals surface area contributed by atoms with E-state index in [0.717, 1.165) is 30.9 Å². The second kappa shape index (κ2) is 7.05. The molecule has 0 saturated carbocycles. The second-order valence-electron chi connectivity index (χ2n) is 6.38. The number of nitrogens with one attached hydrogen (secondary N) is 1. The van der Waals surface area contributed by atoms with E-state index in [0.29, 0.717) is 30.3 Å². The van der Waals surface area contributed by atoms with Crippen LogP contribution >= 0.6 is 0 Å². The van der Waals surface area contributed by atoms with Gasteiger partial charge in [0, 0.05) is 25.1 Å². The smallest absolute Gasteiger partial charge is 0.255 e. The average Bonchev–Trinajstić information content (AvgIpc) is 3.07. The molecule has 2 aromatic carbocycles. The lowest BCUT2D eigenvalue weighted by molar-refractivity contribution is 0.102. The van der Waals surface area contributed by atoms with Crippen molar-refractivity contribution in [1.82, 2.24) is 0 Å². The van der Waals surface area contributed by atoms with Crippen LogP contribution in [-0.4, -0.2) is 32.2 Å². The first-order chi connectivity index (χ1) is 12.3. The van der Waals surface area contributed by atoms with Gasteiger partial charge in [0.25, 0.3) is 5.91 Å². The molecule has 5 nitrogen and oxygen atoms in total. The maximum absolute atomic E-state index is 12.7. The summed E-state index contributed by atoms with van der Waals surface area (Å²) in [6.45, 7) is 3.32. The summed E-state index contributed by atoms with van der Waals surface area (Å²) in [5, 5.41) is 3.05. The number of fused-ring (bicyclic) bond motifs is 1. The van der Waals surface area contributed by atoms with Crippen LogP contribution in [0.1, 0.15) is 29.6 Å². The summed E-state index contributed by atoms with van der Waals surface area (Å²) in [4.78, 5) is 15.0. The van der Waals surface area contributed by atoms with Gasteiger partial charge >= 0.3 is 0 Å². The molecule has 0 unspecified atom stereocenters. The molecule has 1 saturated heterocycles. The molecule has 25 heavy (non-hydrogen) atoms. The van der Waals surface area contributed by atoms with Gasteiger partial charge in [-0.2, -0.15) is 0 Å². The van der Waals surface area contributed by atoms with Crippen molar-refractivity contribution in [2.45, 2.75) is 19.3 Å².